The van der Waals surface area contributed by atoms with Crippen molar-refractivity contribution in [3.63, 3.8) is 0 Å². The van der Waals surface area contributed by atoms with Crippen molar-refractivity contribution < 1.29 is 141 Å². The van der Waals surface area contributed by atoms with Crippen molar-refractivity contribution >= 4 is 29.5 Å². The van der Waals surface area contributed by atoms with Crippen LogP contribution in [0, 0.1) is 11.3 Å². The number of ether oxygens (including phenoxy) is 15. The molecular formula is C62H114N6O29. The average Bonchev–Trinajstić information content (AvgIpc) is 0.860. The highest BCUT2D eigenvalue weighted by molar-refractivity contribution is 5.77. The normalized spacial score (nSPS) is 26.4. The maximum absolute atomic E-state index is 13.3. The van der Waals surface area contributed by atoms with E-state index in [0.29, 0.717) is 52.0 Å². The third-order valence-corrected chi connectivity index (χ3v) is 16.1. The van der Waals surface area contributed by atoms with Crippen molar-refractivity contribution in [3.8, 4) is 0 Å². The Morgan fingerprint density at radius 2 is 0.629 bits per heavy atom. The largest absolute Gasteiger partial charge is 0.394 e. The number of hydrogen-bond acceptors (Lipinski definition) is 30. The predicted molar refractivity (Wildman–Crippen MR) is 339 cm³/mol. The third kappa shape index (κ3) is 34.9. The summed E-state index contributed by atoms with van der Waals surface area (Å²) in [6, 6.07) is -3.16. The van der Waals surface area contributed by atoms with Crippen LogP contribution in [-0.4, -0.2) is 346 Å². The van der Waals surface area contributed by atoms with Crippen LogP contribution in [0.15, 0.2) is 12.3 Å². The molecule has 566 valence electrons. The van der Waals surface area contributed by atoms with E-state index in [2.05, 4.69) is 52.3 Å². The first-order valence-electron chi connectivity index (χ1n) is 33.3. The fraction of sp³-hybridized carbons (Fsp3) is 0.887. The van der Waals surface area contributed by atoms with Gasteiger partial charge in [-0.25, -0.2) is 0 Å². The maximum atomic E-state index is 13.3. The van der Waals surface area contributed by atoms with Gasteiger partial charge in [0, 0.05) is 58.9 Å². The Morgan fingerprint density at radius 1 is 0.381 bits per heavy atom. The number of amides is 5. The molecule has 3 heterocycles. The van der Waals surface area contributed by atoms with Gasteiger partial charge in [-0.05, 0) is 37.0 Å². The maximum Gasteiger partial charge on any atom is 0.220 e. The van der Waals surface area contributed by atoms with Crippen molar-refractivity contribution in [1.29, 1.82) is 0 Å². The summed E-state index contributed by atoms with van der Waals surface area (Å²) in [6.07, 6.45) is -12.5. The van der Waals surface area contributed by atoms with Crippen molar-refractivity contribution in [3.05, 3.63) is 12.3 Å². The van der Waals surface area contributed by atoms with E-state index in [1.165, 1.54) is 20.8 Å². The summed E-state index contributed by atoms with van der Waals surface area (Å²) in [5.74, 6) is -1.62. The molecule has 0 aromatic rings. The standard InChI is InChI=1S/C62H114N6O29/c1-40(2)62(10-7-41(3)63-13-16-83-19-22-86-25-28-89-31-34-92-59-50(66-42(4)72)56(80)53(77)45(37-69)95-59,11-8-48(75)64-14-17-84-20-23-87-26-29-90-32-35-93-60-51(67-43(5)73)57(81)54(78)46(38-70)96-60)12-9-49(76)65-15-18-85-21-24-88-27-30-91-33-36-94-61-52(68-44(6)74)58(82)55(79)47(39-71)97-61/h40,45-47,50-61,63,69-71,77-82H,3,7-39H2,1-2,4-6H3,(H,64,75)(H,65,76)(H,66,72)(H,67,73)(H,68,74). The number of nitrogens with one attached hydrogen (secondary N) is 6. The molecule has 3 aliphatic rings. The van der Waals surface area contributed by atoms with Crippen LogP contribution in [0.2, 0.25) is 0 Å². The Labute approximate surface area is 567 Å². The topological polar surface area (TPSA) is 478 Å². The van der Waals surface area contributed by atoms with Crippen molar-refractivity contribution in [1.82, 2.24) is 31.9 Å². The van der Waals surface area contributed by atoms with Crippen LogP contribution >= 0.6 is 0 Å². The monoisotopic (exact) mass is 1410 g/mol. The number of allylic oxidation sites excluding steroid dienone is 1. The number of carbonyl (C=O) groups is 5. The molecule has 0 saturated carbocycles. The SMILES string of the molecule is C=C(CCC(CCC(=O)NCCOCCOCCOCCOC1OC(CO)C(O)C(O)C1NC(C)=O)(CCC(=O)NCCOCCOCCOCCOC1OC(CO)C(O)C(O)C1NC(C)=O)C(C)C)NCCOCCOCCOCCOC1OC(CO)C(O)C(O)C1NC(C)=O. The summed E-state index contributed by atoms with van der Waals surface area (Å²) in [6.45, 7) is 16.1. The van der Waals surface area contributed by atoms with E-state index in [1.54, 1.807) is 0 Å². The minimum absolute atomic E-state index is 0.0278. The van der Waals surface area contributed by atoms with Crippen LogP contribution in [0.1, 0.15) is 73.1 Å². The Morgan fingerprint density at radius 3 is 0.887 bits per heavy atom. The van der Waals surface area contributed by atoms with Crippen LogP contribution in [-0.2, 0) is 95.0 Å². The van der Waals surface area contributed by atoms with Crippen LogP contribution < -0.4 is 31.9 Å². The van der Waals surface area contributed by atoms with Gasteiger partial charge in [-0.2, -0.15) is 0 Å². The summed E-state index contributed by atoms with van der Waals surface area (Å²) >= 11 is 0. The number of aliphatic hydroxyl groups excluding tert-OH is 9. The van der Waals surface area contributed by atoms with Gasteiger partial charge in [-0.1, -0.05) is 20.4 Å². The molecular weight excluding hydrogens is 1290 g/mol. The highest BCUT2D eigenvalue weighted by Crippen LogP contribution is 2.43. The second-order valence-electron chi connectivity index (χ2n) is 23.7. The molecule has 3 aliphatic heterocycles. The van der Waals surface area contributed by atoms with Gasteiger partial charge in [0.15, 0.2) is 18.9 Å². The van der Waals surface area contributed by atoms with E-state index in [1.807, 2.05) is 0 Å². The molecule has 0 radical (unpaired) electrons. The lowest BCUT2D eigenvalue weighted by molar-refractivity contribution is -0.272. The summed E-state index contributed by atoms with van der Waals surface area (Å²) in [7, 11) is 0. The zero-order valence-corrected chi connectivity index (χ0v) is 57.0. The Hall–Kier alpha value is -4.07. The Bertz CT molecular complexity index is 1930. The van der Waals surface area contributed by atoms with Gasteiger partial charge < -0.3 is 149 Å². The highest BCUT2D eigenvalue weighted by Gasteiger charge is 2.48. The van der Waals surface area contributed by atoms with E-state index in [-0.39, 0.29) is 163 Å². The Kier molecular flexibility index (Phi) is 45.9. The van der Waals surface area contributed by atoms with Gasteiger partial charge in [0.2, 0.25) is 29.5 Å². The molecule has 0 aromatic carbocycles. The highest BCUT2D eigenvalue weighted by atomic mass is 16.7. The van der Waals surface area contributed by atoms with Gasteiger partial charge >= 0.3 is 0 Å². The van der Waals surface area contributed by atoms with Crippen molar-refractivity contribution in [2.45, 2.75) is 165 Å². The van der Waals surface area contributed by atoms with Crippen molar-refractivity contribution in [2.75, 3.05) is 178 Å². The molecule has 3 saturated heterocycles. The molecule has 3 rings (SSSR count). The summed E-state index contributed by atoms with van der Waals surface area (Å²) in [5.41, 5.74) is 0.355. The molecule has 0 aliphatic carbocycles. The van der Waals surface area contributed by atoms with Gasteiger partial charge in [0.1, 0.15) is 73.1 Å². The number of carbonyl (C=O) groups excluding carboxylic acids is 5. The van der Waals surface area contributed by atoms with E-state index < -0.39 is 135 Å². The lowest BCUT2D eigenvalue weighted by Gasteiger charge is -2.42. The van der Waals surface area contributed by atoms with Gasteiger partial charge in [0.05, 0.1) is 159 Å². The number of aliphatic hydroxyl groups is 9. The summed E-state index contributed by atoms with van der Waals surface area (Å²) in [5, 5.41) is 107. The van der Waals surface area contributed by atoms with Gasteiger partial charge in [-0.15, -0.1) is 0 Å². The molecule has 15 N–H and O–H groups in total. The molecule has 35 nitrogen and oxygen atoms in total. The minimum atomic E-state index is -1.42. The number of rotatable bonds is 56. The molecule has 3 fully saturated rings. The van der Waals surface area contributed by atoms with Crippen LogP contribution in [0.25, 0.3) is 0 Å². The lowest BCUT2D eigenvalue weighted by Crippen LogP contribution is -2.64. The average molecular weight is 1410 g/mol. The smallest absolute Gasteiger partial charge is 0.220 e. The van der Waals surface area contributed by atoms with Gasteiger partial charge in [0.25, 0.3) is 0 Å². The zero-order valence-electron chi connectivity index (χ0n) is 57.0. The lowest BCUT2D eigenvalue weighted by atomic mass is 9.67. The van der Waals surface area contributed by atoms with E-state index in [0.717, 1.165) is 5.70 Å². The van der Waals surface area contributed by atoms with E-state index >= 15 is 0 Å². The Balaban J connectivity index is 1.34. The zero-order chi connectivity index (χ0) is 71.4. The van der Waals surface area contributed by atoms with Crippen molar-refractivity contribution in [2.24, 2.45) is 11.3 Å². The summed E-state index contributed by atoms with van der Waals surface area (Å²) in [4.78, 5) is 61.5. The van der Waals surface area contributed by atoms with Gasteiger partial charge in [-0.3, -0.25) is 24.0 Å². The predicted octanol–water partition coefficient (Wildman–Crippen LogP) is -5.66. The third-order valence-electron chi connectivity index (χ3n) is 16.1. The summed E-state index contributed by atoms with van der Waals surface area (Å²) < 4.78 is 83.9. The molecule has 5 amide bonds. The van der Waals surface area contributed by atoms with Crippen LogP contribution in [0.4, 0.5) is 0 Å². The fourth-order valence-corrected chi connectivity index (χ4v) is 10.6. The van der Waals surface area contributed by atoms with E-state index in [9.17, 15) is 69.9 Å². The fourth-order valence-electron chi connectivity index (χ4n) is 10.6. The first-order valence-corrected chi connectivity index (χ1v) is 33.3. The second-order valence-corrected chi connectivity index (χ2v) is 23.7. The molecule has 15 unspecified atom stereocenters. The van der Waals surface area contributed by atoms with Crippen LogP contribution in [0.5, 0.6) is 0 Å². The quantitative estimate of drug-likeness (QED) is 0.0252. The first-order chi connectivity index (χ1) is 46.6. The molecule has 0 spiro atoms. The molecule has 0 aromatic heterocycles. The minimum Gasteiger partial charge on any atom is -0.394 e. The molecule has 97 heavy (non-hydrogen) atoms. The van der Waals surface area contributed by atoms with Crippen LogP contribution in [0.3, 0.4) is 0 Å². The first kappa shape index (κ1) is 87.1. The molecule has 15 atom stereocenters. The van der Waals surface area contributed by atoms with E-state index in [4.69, 9.17) is 71.1 Å². The molecule has 35 heteroatoms. The second kappa shape index (κ2) is 51.1. The molecule has 0 bridgehead atoms. The number of hydrogen-bond donors (Lipinski definition) is 15.